The van der Waals surface area contributed by atoms with E-state index < -0.39 is 69.4 Å². The maximum absolute atomic E-state index is 13.1. The van der Waals surface area contributed by atoms with Gasteiger partial charge in [0.1, 0.15) is 11.3 Å². The Kier molecular flexibility index (Phi) is 7.10. The summed E-state index contributed by atoms with van der Waals surface area (Å²) in [5.74, 6) is -2.63. The van der Waals surface area contributed by atoms with Gasteiger partial charge in [-0.25, -0.2) is 0 Å². The van der Waals surface area contributed by atoms with Crippen LogP contribution in [0.4, 0.5) is 45.2 Å². The van der Waals surface area contributed by atoms with Gasteiger partial charge in [-0.3, -0.25) is 4.79 Å². The molecule has 2 rings (SSSR count). The summed E-state index contributed by atoms with van der Waals surface area (Å²) in [5.41, 5.74) is -7.80. The van der Waals surface area contributed by atoms with E-state index in [1.807, 2.05) is 0 Å². The number of rotatable bonds is 4. The SMILES string of the molecule is CC(=N)C(C(=O)Nc1cc(C(F)(F)F)cc(C(F)(F)F)c1)=C(O)c1cc(C)cc(C(F)(F)F)c1. The van der Waals surface area contributed by atoms with Crippen LogP contribution in [-0.4, -0.2) is 16.7 Å². The minimum absolute atomic E-state index is 0.0199. The number of hydrogen-bond acceptors (Lipinski definition) is 3. The molecule has 4 nitrogen and oxygen atoms in total. The van der Waals surface area contributed by atoms with E-state index in [1.54, 1.807) is 5.32 Å². The molecule has 34 heavy (non-hydrogen) atoms. The molecule has 13 heteroatoms. The summed E-state index contributed by atoms with van der Waals surface area (Å²) >= 11 is 0. The molecule has 0 aliphatic rings. The van der Waals surface area contributed by atoms with Crippen LogP contribution in [0.1, 0.15) is 34.7 Å². The number of amides is 1. The summed E-state index contributed by atoms with van der Waals surface area (Å²) in [6.45, 7) is 2.20. The van der Waals surface area contributed by atoms with Crippen molar-refractivity contribution in [1.29, 1.82) is 5.41 Å². The van der Waals surface area contributed by atoms with Crippen molar-refractivity contribution < 1.29 is 49.4 Å². The molecular formula is C21H15F9N2O2. The Bertz CT molecular complexity index is 1130. The summed E-state index contributed by atoms with van der Waals surface area (Å²) in [5, 5.41) is 19.9. The lowest BCUT2D eigenvalue weighted by Crippen LogP contribution is -2.21. The zero-order chi connectivity index (χ0) is 26.2. The Morgan fingerprint density at radius 2 is 1.24 bits per heavy atom. The molecule has 1 amide bonds. The number of aliphatic hydroxyl groups excluding tert-OH is 1. The molecule has 0 atom stereocenters. The molecule has 0 saturated heterocycles. The molecule has 0 spiro atoms. The number of alkyl halides is 9. The third kappa shape index (κ3) is 6.29. The first kappa shape index (κ1) is 26.7. The maximum atomic E-state index is 13.1. The predicted molar refractivity (Wildman–Crippen MR) is 104 cm³/mol. The van der Waals surface area contributed by atoms with Crippen LogP contribution in [0.2, 0.25) is 0 Å². The average Bonchev–Trinajstić information content (AvgIpc) is 2.64. The maximum Gasteiger partial charge on any atom is 0.416 e. The van der Waals surface area contributed by atoms with E-state index >= 15 is 0 Å². The van der Waals surface area contributed by atoms with Gasteiger partial charge in [0, 0.05) is 17.0 Å². The van der Waals surface area contributed by atoms with Gasteiger partial charge >= 0.3 is 18.5 Å². The zero-order valence-corrected chi connectivity index (χ0v) is 17.2. The molecule has 0 radical (unpaired) electrons. The van der Waals surface area contributed by atoms with Crippen LogP contribution < -0.4 is 5.32 Å². The minimum atomic E-state index is -5.20. The monoisotopic (exact) mass is 498 g/mol. The molecule has 0 saturated carbocycles. The van der Waals surface area contributed by atoms with Crippen molar-refractivity contribution in [3.05, 3.63) is 69.8 Å². The van der Waals surface area contributed by atoms with Gasteiger partial charge in [0.2, 0.25) is 0 Å². The normalized spacial score (nSPS) is 13.4. The van der Waals surface area contributed by atoms with Gasteiger partial charge in [-0.1, -0.05) is 0 Å². The van der Waals surface area contributed by atoms with Crippen LogP contribution >= 0.6 is 0 Å². The number of carbonyl (C=O) groups is 1. The highest BCUT2D eigenvalue weighted by Crippen LogP contribution is 2.38. The Balaban J connectivity index is 2.60. The highest BCUT2D eigenvalue weighted by Gasteiger charge is 2.37. The lowest BCUT2D eigenvalue weighted by Gasteiger charge is -2.16. The number of halogens is 9. The van der Waals surface area contributed by atoms with E-state index in [2.05, 4.69) is 0 Å². The second-order valence-electron chi connectivity index (χ2n) is 7.18. The molecular weight excluding hydrogens is 483 g/mol. The molecule has 0 aliphatic carbocycles. The van der Waals surface area contributed by atoms with Crippen molar-refractivity contribution in [2.45, 2.75) is 32.4 Å². The Morgan fingerprint density at radius 3 is 1.65 bits per heavy atom. The summed E-state index contributed by atoms with van der Waals surface area (Å²) in [6, 6.07) is 2.51. The average molecular weight is 498 g/mol. The Morgan fingerprint density at radius 1 is 0.794 bits per heavy atom. The second-order valence-corrected chi connectivity index (χ2v) is 7.18. The van der Waals surface area contributed by atoms with Crippen LogP contribution in [0.5, 0.6) is 0 Å². The van der Waals surface area contributed by atoms with Crippen molar-refractivity contribution in [3.8, 4) is 0 Å². The van der Waals surface area contributed by atoms with Crippen molar-refractivity contribution in [2.75, 3.05) is 5.32 Å². The smallest absolute Gasteiger partial charge is 0.416 e. The molecule has 0 bridgehead atoms. The van der Waals surface area contributed by atoms with Gasteiger partial charge in [0.05, 0.1) is 16.7 Å². The van der Waals surface area contributed by atoms with E-state index in [1.165, 1.54) is 6.92 Å². The van der Waals surface area contributed by atoms with Crippen molar-refractivity contribution in [1.82, 2.24) is 0 Å². The third-order valence-corrected chi connectivity index (χ3v) is 4.36. The summed E-state index contributed by atoms with van der Waals surface area (Å²) < 4.78 is 117. The topological polar surface area (TPSA) is 73.2 Å². The van der Waals surface area contributed by atoms with Crippen molar-refractivity contribution >= 4 is 23.1 Å². The van der Waals surface area contributed by atoms with Crippen LogP contribution in [-0.2, 0) is 23.3 Å². The number of anilines is 1. The van der Waals surface area contributed by atoms with Gasteiger partial charge < -0.3 is 15.8 Å². The van der Waals surface area contributed by atoms with Gasteiger partial charge in [-0.15, -0.1) is 0 Å². The van der Waals surface area contributed by atoms with Gasteiger partial charge in [-0.05, 0) is 55.8 Å². The van der Waals surface area contributed by atoms with Gasteiger partial charge in [0.25, 0.3) is 5.91 Å². The van der Waals surface area contributed by atoms with Gasteiger partial charge in [0.15, 0.2) is 0 Å². The van der Waals surface area contributed by atoms with E-state index in [9.17, 15) is 49.4 Å². The fourth-order valence-electron chi connectivity index (χ4n) is 2.90. The van der Waals surface area contributed by atoms with Crippen LogP contribution in [0.25, 0.3) is 5.76 Å². The van der Waals surface area contributed by atoms with E-state index in [4.69, 9.17) is 5.41 Å². The fourth-order valence-corrected chi connectivity index (χ4v) is 2.90. The molecule has 2 aromatic carbocycles. The summed E-state index contributed by atoms with van der Waals surface area (Å²) in [4.78, 5) is 12.6. The number of aryl methyl sites for hydroxylation is 1. The molecule has 0 aliphatic heterocycles. The van der Waals surface area contributed by atoms with E-state index in [0.717, 1.165) is 19.1 Å². The molecule has 0 fully saturated rings. The standard InChI is InChI=1S/C21H15F9N2O2/c1-9-3-11(5-12(4-9)19(22,23)24)17(33)16(10(2)31)18(34)32-15-7-13(20(25,26)27)6-14(8-15)21(28,29)30/h3-8,31,33H,1-2H3,(H,32,34). The van der Waals surface area contributed by atoms with Crippen LogP contribution in [0.3, 0.4) is 0 Å². The first-order valence-corrected chi connectivity index (χ1v) is 9.09. The zero-order valence-electron chi connectivity index (χ0n) is 17.2. The third-order valence-electron chi connectivity index (χ3n) is 4.36. The van der Waals surface area contributed by atoms with Crippen molar-refractivity contribution in [2.24, 2.45) is 0 Å². The largest absolute Gasteiger partial charge is 0.506 e. The Labute approximate surface area is 186 Å². The molecule has 184 valence electrons. The molecule has 0 aromatic heterocycles. The second kappa shape index (κ2) is 9.03. The number of aliphatic hydroxyl groups is 1. The summed E-state index contributed by atoms with van der Waals surface area (Å²) in [7, 11) is 0. The summed E-state index contributed by atoms with van der Waals surface area (Å²) in [6.07, 6.45) is -15.2. The van der Waals surface area contributed by atoms with Crippen LogP contribution in [0, 0.1) is 12.3 Å². The quantitative estimate of drug-likeness (QED) is 0.184. The first-order valence-electron chi connectivity index (χ1n) is 9.09. The highest BCUT2D eigenvalue weighted by molar-refractivity contribution is 6.27. The molecule has 3 N–H and O–H groups in total. The lowest BCUT2D eigenvalue weighted by molar-refractivity contribution is -0.143. The number of hydrogen-bond donors (Lipinski definition) is 3. The number of benzene rings is 2. The first-order chi connectivity index (χ1) is 15.3. The van der Waals surface area contributed by atoms with Crippen molar-refractivity contribution in [3.63, 3.8) is 0 Å². The number of carbonyl (C=O) groups excluding carboxylic acids is 1. The van der Waals surface area contributed by atoms with E-state index in [-0.39, 0.29) is 23.8 Å². The molecule has 2 aromatic rings. The number of nitrogens with one attached hydrogen (secondary N) is 2. The van der Waals surface area contributed by atoms with Crippen LogP contribution in [0.15, 0.2) is 42.0 Å². The molecule has 0 unspecified atom stereocenters. The molecule has 0 heterocycles. The minimum Gasteiger partial charge on any atom is -0.506 e. The Hall–Kier alpha value is -3.51. The fraction of sp³-hybridized carbons (Fsp3) is 0.238. The lowest BCUT2D eigenvalue weighted by atomic mass is 9.99. The predicted octanol–water partition coefficient (Wildman–Crippen LogP) is 7.00. The van der Waals surface area contributed by atoms with E-state index in [0.29, 0.717) is 6.07 Å². The highest BCUT2D eigenvalue weighted by atomic mass is 19.4. The van der Waals surface area contributed by atoms with Gasteiger partial charge in [-0.2, -0.15) is 39.5 Å².